The Balaban J connectivity index is 1.50. The normalized spacial score (nSPS) is 16.0. The molecule has 0 radical (unpaired) electrons. The summed E-state index contributed by atoms with van der Waals surface area (Å²) < 4.78 is 18.4. The third kappa shape index (κ3) is 6.24. The molecule has 0 saturated heterocycles. The Labute approximate surface area is 229 Å². The summed E-state index contributed by atoms with van der Waals surface area (Å²) in [6, 6.07) is 9.81. The molecule has 10 heteroatoms. The van der Waals surface area contributed by atoms with Crippen LogP contribution in [0.5, 0.6) is 17.2 Å². The van der Waals surface area contributed by atoms with Gasteiger partial charge in [0.1, 0.15) is 24.0 Å². The Morgan fingerprint density at radius 3 is 2.57 bits per heavy atom. The van der Waals surface area contributed by atoms with E-state index in [2.05, 4.69) is 45.9 Å². The molecule has 1 N–H and O–H groups in total. The van der Waals surface area contributed by atoms with Gasteiger partial charge >= 0.3 is 0 Å². The molecule has 37 heavy (non-hydrogen) atoms. The molecule has 0 unspecified atom stereocenters. The number of ether oxygens (including phenoxy) is 3. The van der Waals surface area contributed by atoms with Crippen LogP contribution in [0.1, 0.15) is 43.9 Å². The summed E-state index contributed by atoms with van der Waals surface area (Å²) in [5, 5.41) is 15.6. The number of thioether (sulfide) groups is 1. The van der Waals surface area contributed by atoms with E-state index in [-0.39, 0.29) is 11.4 Å². The maximum Gasteiger partial charge on any atom is 0.283 e. The summed E-state index contributed by atoms with van der Waals surface area (Å²) in [4.78, 5) is 16.8. The quantitative estimate of drug-likeness (QED) is 0.263. The highest BCUT2D eigenvalue weighted by molar-refractivity contribution is 9.10. The first-order chi connectivity index (χ1) is 17.8. The van der Waals surface area contributed by atoms with Gasteiger partial charge < -0.3 is 14.2 Å². The van der Waals surface area contributed by atoms with Gasteiger partial charge in [-0.05, 0) is 101 Å². The van der Waals surface area contributed by atoms with Gasteiger partial charge in [-0.2, -0.15) is 15.1 Å². The Bertz CT molecular complexity index is 1320. The van der Waals surface area contributed by atoms with Gasteiger partial charge in [0, 0.05) is 0 Å². The average molecular weight is 586 g/mol. The summed E-state index contributed by atoms with van der Waals surface area (Å²) in [7, 11) is 0. The number of nitrogens with one attached hydrogen (secondary N) is 1. The number of fused-ring (bicyclic) bond motifs is 1. The molecule has 194 valence electrons. The first-order valence-corrected chi connectivity index (χ1v) is 13.7. The monoisotopic (exact) mass is 584 g/mol. The van der Waals surface area contributed by atoms with Crippen LogP contribution in [-0.4, -0.2) is 46.8 Å². The van der Waals surface area contributed by atoms with E-state index in [0.29, 0.717) is 52.9 Å². The van der Waals surface area contributed by atoms with E-state index in [0.717, 1.165) is 22.8 Å². The molecule has 2 heterocycles. The Morgan fingerprint density at radius 1 is 1.05 bits per heavy atom. The van der Waals surface area contributed by atoms with E-state index < -0.39 is 5.91 Å². The van der Waals surface area contributed by atoms with E-state index in [1.54, 1.807) is 12.1 Å². The number of hydrazone groups is 1. The van der Waals surface area contributed by atoms with Crippen molar-refractivity contribution in [2.75, 3.05) is 19.8 Å². The third-order valence-corrected chi connectivity index (χ3v) is 7.20. The van der Waals surface area contributed by atoms with Crippen LogP contribution in [0.3, 0.4) is 0 Å². The van der Waals surface area contributed by atoms with Crippen molar-refractivity contribution in [3.05, 3.63) is 57.1 Å². The van der Waals surface area contributed by atoms with Crippen molar-refractivity contribution in [3.8, 4) is 17.2 Å². The Hall–Kier alpha value is -3.11. The van der Waals surface area contributed by atoms with Crippen molar-refractivity contribution in [3.63, 3.8) is 0 Å². The van der Waals surface area contributed by atoms with Crippen LogP contribution in [0.25, 0.3) is 6.08 Å². The number of carbonyl (C=O) groups excluding carboxylic acids is 1. The van der Waals surface area contributed by atoms with Crippen LogP contribution >= 0.6 is 27.7 Å². The molecule has 8 nitrogen and oxygen atoms in total. The van der Waals surface area contributed by atoms with Gasteiger partial charge in [0.25, 0.3) is 5.91 Å². The van der Waals surface area contributed by atoms with E-state index in [1.165, 1.54) is 22.3 Å². The maximum absolute atomic E-state index is 12.7. The summed E-state index contributed by atoms with van der Waals surface area (Å²) in [5.74, 6) is 1.42. The van der Waals surface area contributed by atoms with Crippen molar-refractivity contribution < 1.29 is 19.0 Å². The van der Waals surface area contributed by atoms with Crippen LogP contribution in [0.2, 0.25) is 0 Å². The molecule has 2 aromatic rings. The van der Waals surface area contributed by atoms with Crippen LogP contribution in [0, 0.1) is 12.3 Å². The Morgan fingerprint density at radius 2 is 1.84 bits per heavy atom. The van der Waals surface area contributed by atoms with Crippen molar-refractivity contribution >= 4 is 55.7 Å². The molecule has 2 aliphatic rings. The summed E-state index contributed by atoms with van der Waals surface area (Å²) >= 11 is 4.89. The lowest BCUT2D eigenvalue weighted by Crippen LogP contribution is -2.35. The van der Waals surface area contributed by atoms with E-state index in [1.807, 2.05) is 32.0 Å². The number of aryl methyl sites for hydroxylation is 2. The van der Waals surface area contributed by atoms with Crippen LogP contribution in [0.4, 0.5) is 0 Å². The molecule has 1 amide bonds. The predicted octanol–water partition coefficient (Wildman–Crippen LogP) is 6.21. The molecular formula is C27H29BrN4O4S. The molecule has 2 aromatic carbocycles. The second kappa shape index (κ2) is 12.0. The number of hydrogen-bond donors (Lipinski definition) is 1. The molecule has 4 rings (SSSR count). The molecule has 0 aromatic heterocycles. The molecule has 0 saturated carbocycles. The fraction of sp³-hybridized carbons (Fsp3) is 0.333. The number of nitrogens with zero attached hydrogens (tertiary/aromatic N) is 3. The standard InChI is InChI=1S/C27H29BrN4O4S/c1-5-17-10-16(4)11-19(12-17)35-8-9-36-24-21(28)14-18(15-22(24)34-7-3)13-20-25(29)32-27(30-26(20)33)37-23(6-2)31-32/h10-15,29H,5-9H2,1-4H3/b20-13-,29-25?. The van der Waals surface area contributed by atoms with Crippen LogP contribution in [0.15, 0.2) is 50.5 Å². The van der Waals surface area contributed by atoms with Crippen molar-refractivity contribution in [2.45, 2.75) is 40.5 Å². The largest absolute Gasteiger partial charge is 0.490 e. The highest BCUT2D eigenvalue weighted by atomic mass is 79.9. The lowest BCUT2D eigenvalue weighted by Gasteiger charge is -2.20. The number of rotatable bonds is 10. The van der Waals surface area contributed by atoms with Gasteiger partial charge in [-0.1, -0.05) is 19.9 Å². The predicted molar refractivity (Wildman–Crippen MR) is 152 cm³/mol. The number of amidine groups is 2. The third-order valence-electron chi connectivity index (χ3n) is 5.56. The van der Waals surface area contributed by atoms with Crippen molar-refractivity contribution in [1.82, 2.24) is 5.01 Å². The van der Waals surface area contributed by atoms with Gasteiger partial charge in [-0.15, -0.1) is 0 Å². The SMILES string of the molecule is CCOc1cc(/C=C2/C(=N)N3N=C(CC)SC3=NC2=O)cc(Br)c1OCCOc1cc(C)cc(CC)c1. The highest BCUT2D eigenvalue weighted by Gasteiger charge is 2.35. The van der Waals surface area contributed by atoms with Gasteiger partial charge in [0.2, 0.25) is 5.17 Å². The molecule has 0 fully saturated rings. The van der Waals surface area contributed by atoms with Crippen LogP contribution < -0.4 is 14.2 Å². The zero-order valence-electron chi connectivity index (χ0n) is 21.3. The lowest BCUT2D eigenvalue weighted by molar-refractivity contribution is -0.114. The topological polar surface area (TPSA) is 96.6 Å². The van der Waals surface area contributed by atoms with Gasteiger partial charge in [-0.25, -0.2) is 0 Å². The minimum Gasteiger partial charge on any atom is -0.490 e. The van der Waals surface area contributed by atoms with Gasteiger partial charge in [0.15, 0.2) is 17.3 Å². The minimum atomic E-state index is -0.467. The number of carbonyl (C=O) groups is 1. The fourth-order valence-corrected chi connectivity index (χ4v) is 5.23. The molecule has 0 bridgehead atoms. The smallest absolute Gasteiger partial charge is 0.283 e. The number of amides is 1. The maximum atomic E-state index is 12.7. The zero-order valence-corrected chi connectivity index (χ0v) is 23.7. The fourth-order valence-electron chi connectivity index (χ4n) is 3.83. The van der Waals surface area contributed by atoms with Gasteiger partial charge in [0.05, 0.1) is 16.7 Å². The number of benzene rings is 2. The summed E-state index contributed by atoms with van der Waals surface area (Å²) in [6.07, 6.45) is 3.28. The van der Waals surface area contributed by atoms with Crippen LogP contribution in [-0.2, 0) is 11.2 Å². The average Bonchev–Trinajstić information content (AvgIpc) is 3.28. The number of hydrogen-bond acceptors (Lipinski definition) is 7. The first kappa shape index (κ1) is 26.9. The van der Waals surface area contributed by atoms with E-state index >= 15 is 0 Å². The first-order valence-electron chi connectivity index (χ1n) is 12.1. The highest BCUT2D eigenvalue weighted by Crippen LogP contribution is 2.38. The van der Waals surface area contributed by atoms with Crippen molar-refractivity contribution in [2.24, 2.45) is 10.1 Å². The number of halogens is 1. The second-order valence-electron chi connectivity index (χ2n) is 8.34. The molecular weight excluding hydrogens is 556 g/mol. The molecule has 0 spiro atoms. The molecule has 0 atom stereocenters. The molecule has 0 aliphatic carbocycles. The Kier molecular flexibility index (Phi) is 8.71. The zero-order chi connectivity index (χ0) is 26.5. The van der Waals surface area contributed by atoms with E-state index in [4.69, 9.17) is 19.6 Å². The van der Waals surface area contributed by atoms with Crippen molar-refractivity contribution in [1.29, 1.82) is 5.41 Å². The number of aliphatic imine (C=N–C) groups is 1. The lowest BCUT2D eigenvalue weighted by atomic mass is 10.1. The van der Waals surface area contributed by atoms with Gasteiger partial charge in [-0.3, -0.25) is 10.2 Å². The summed E-state index contributed by atoms with van der Waals surface area (Å²) in [5.41, 5.74) is 3.22. The minimum absolute atomic E-state index is 0.000105. The summed E-state index contributed by atoms with van der Waals surface area (Å²) in [6.45, 7) is 9.16. The second-order valence-corrected chi connectivity index (χ2v) is 10.2. The molecule has 2 aliphatic heterocycles. The van der Waals surface area contributed by atoms with E-state index in [9.17, 15) is 4.79 Å².